The molecule has 2 aromatic heterocycles. The predicted molar refractivity (Wildman–Crippen MR) is 309 cm³/mol. The van der Waals surface area contributed by atoms with Crippen LogP contribution in [0.5, 0.6) is 0 Å². The van der Waals surface area contributed by atoms with Gasteiger partial charge in [-0.05, 0) is 152 Å². The number of aryl methyl sites for hydroxylation is 2. The zero-order valence-electron chi connectivity index (χ0n) is 43.2. The minimum atomic E-state index is -0.353. The van der Waals surface area contributed by atoms with Crippen molar-refractivity contribution in [2.45, 2.75) is 71.6 Å². The minimum absolute atomic E-state index is 0.222. The Morgan fingerprint density at radius 3 is 1.55 bits per heavy atom. The van der Waals surface area contributed by atoms with Crippen molar-refractivity contribution < 1.29 is 8.83 Å². The van der Waals surface area contributed by atoms with E-state index in [1.807, 2.05) is 0 Å². The zero-order chi connectivity index (χ0) is 50.2. The van der Waals surface area contributed by atoms with E-state index in [9.17, 15) is 0 Å². The molecule has 0 atom stereocenters. The van der Waals surface area contributed by atoms with Crippen LogP contribution < -0.4 is 4.90 Å². The van der Waals surface area contributed by atoms with Crippen LogP contribution in [0.1, 0.15) is 86.1 Å². The van der Waals surface area contributed by atoms with Gasteiger partial charge < -0.3 is 13.7 Å². The van der Waals surface area contributed by atoms with Gasteiger partial charge in [-0.25, -0.2) is 0 Å². The summed E-state index contributed by atoms with van der Waals surface area (Å²) in [7, 11) is 0. The number of para-hydroxylation sites is 2. The SMILES string of the molecule is Cc1ccc(-c2cc3c(c4c2oc2ccccc24)-c2ccc(N(c4ccc(-c5ccccc5)cc4)c4ccc5c(c4)C(C)(C)c4c6c(c7c(oc8ccccc87)c4-5)-c4ccccc4C6(C)C)cc2C3(C)C)c(C)c1. The van der Waals surface area contributed by atoms with Gasteiger partial charge in [0.25, 0.3) is 0 Å². The molecule has 12 aromatic rings. The van der Waals surface area contributed by atoms with Crippen LogP contribution in [0, 0.1) is 13.8 Å². The molecule has 0 aliphatic heterocycles. The molecule has 0 saturated heterocycles. The molecule has 0 saturated carbocycles. The Balaban J connectivity index is 0.948. The van der Waals surface area contributed by atoms with E-state index < -0.39 is 0 Å². The zero-order valence-corrected chi connectivity index (χ0v) is 43.2. The first-order valence-electron chi connectivity index (χ1n) is 26.2. The van der Waals surface area contributed by atoms with Crippen LogP contribution in [0.25, 0.3) is 99.5 Å². The fourth-order valence-electron chi connectivity index (χ4n) is 14.1. The molecule has 10 aromatic carbocycles. The van der Waals surface area contributed by atoms with Crippen molar-refractivity contribution >= 4 is 60.9 Å². The summed E-state index contributed by atoms with van der Waals surface area (Å²) in [6.07, 6.45) is 0. The van der Waals surface area contributed by atoms with Gasteiger partial charge in [0.2, 0.25) is 0 Å². The largest absolute Gasteiger partial charge is 0.455 e. The molecule has 0 bridgehead atoms. The second-order valence-electron chi connectivity index (χ2n) is 22.9. The van der Waals surface area contributed by atoms with Crippen molar-refractivity contribution in [2.75, 3.05) is 4.90 Å². The average molecular weight is 954 g/mol. The van der Waals surface area contributed by atoms with E-state index in [0.29, 0.717) is 0 Å². The fraction of sp³-hybridized carbons (Fsp3) is 0.155. The van der Waals surface area contributed by atoms with E-state index in [-0.39, 0.29) is 16.2 Å². The Kier molecular flexibility index (Phi) is 8.68. The third-order valence-corrected chi connectivity index (χ3v) is 17.6. The Labute approximate surface area is 432 Å². The standard InChI is InChI=1S/C71H55NO2/c1-40-26-33-47(41(2)36-40)53-39-57-60(62-51-21-13-16-24-58(51)73-67(53)62)49-34-31-45(37-55(49)69(57,3)4)72(44-29-27-43(28-30-44)42-18-10-9-11-19-42)46-32-35-50-56(38-46)71(7,8)66-64(50)68-63(52-22-14-17-25-59(52)74-68)61-48-20-12-15-23-54(48)70(5,6)65(61)66/h9-39H,1-8H3. The Hall–Kier alpha value is -8.40. The normalized spacial score (nSPS) is 15.1. The third-order valence-electron chi connectivity index (χ3n) is 17.6. The molecule has 0 radical (unpaired) electrons. The minimum Gasteiger partial charge on any atom is -0.455 e. The predicted octanol–water partition coefficient (Wildman–Crippen LogP) is 19.8. The van der Waals surface area contributed by atoms with E-state index in [0.717, 1.165) is 50.3 Å². The van der Waals surface area contributed by atoms with E-state index in [2.05, 4.69) is 248 Å². The topological polar surface area (TPSA) is 29.5 Å². The number of fused-ring (bicyclic) bond motifs is 19. The molecular weight excluding hydrogens is 899 g/mol. The number of hydrogen-bond acceptors (Lipinski definition) is 3. The van der Waals surface area contributed by atoms with Gasteiger partial charge in [-0.2, -0.15) is 0 Å². The Morgan fingerprint density at radius 1 is 0.351 bits per heavy atom. The van der Waals surface area contributed by atoms with Crippen LogP contribution in [0.4, 0.5) is 17.1 Å². The number of rotatable bonds is 5. The number of furan rings is 2. The first-order chi connectivity index (χ1) is 35.8. The number of benzene rings is 10. The lowest BCUT2D eigenvalue weighted by Crippen LogP contribution is -2.24. The van der Waals surface area contributed by atoms with Crippen LogP contribution in [-0.4, -0.2) is 0 Å². The van der Waals surface area contributed by atoms with Crippen molar-refractivity contribution in [1.82, 2.24) is 0 Å². The van der Waals surface area contributed by atoms with Crippen molar-refractivity contribution in [1.29, 1.82) is 0 Å². The highest BCUT2D eigenvalue weighted by atomic mass is 16.3. The summed E-state index contributed by atoms with van der Waals surface area (Å²) < 4.78 is 14.0. The smallest absolute Gasteiger partial charge is 0.144 e. The van der Waals surface area contributed by atoms with Crippen molar-refractivity contribution in [2.24, 2.45) is 0 Å². The molecule has 0 spiro atoms. The molecule has 0 amide bonds. The number of nitrogens with zero attached hydrogens (tertiary/aromatic N) is 1. The summed E-state index contributed by atoms with van der Waals surface area (Å²) in [5.74, 6) is 0. The van der Waals surface area contributed by atoms with Crippen LogP contribution >= 0.6 is 0 Å². The summed E-state index contributed by atoms with van der Waals surface area (Å²) in [5.41, 5.74) is 29.2. The Bertz CT molecular complexity index is 4400. The monoisotopic (exact) mass is 953 g/mol. The lowest BCUT2D eigenvalue weighted by molar-refractivity contribution is 0.600. The summed E-state index contributed by atoms with van der Waals surface area (Å²) in [5, 5.41) is 4.74. The molecule has 3 heteroatoms. The van der Waals surface area contributed by atoms with Crippen molar-refractivity contribution in [3.05, 3.63) is 233 Å². The molecular formula is C71H55NO2. The summed E-state index contributed by atoms with van der Waals surface area (Å²) >= 11 is 0. The van der Waals surface area contributed by atoms with Crippen molar-refractivity contribution in [3.63, 3.8) is 0 Å². The van der Waals surface area contributed by atoms with Gasteiger partial charge in [0.1, 0.15) is 22.3 Å². The van der Waals surface area contributed by atoms with Crippen LogP contribution in [-0.2, 0) is 16.2 Å². The molecule has 15 rings (SSSR count). The van der Waals surface area contributed by atoms with Gasteiger partial charge in [-0.1, -0.05) is 181 Å². The van der Waals surface area contributed by atoms with Gasteiger partial charge in [0.05, 0.1) is 0 Å². The number of anilines is 3. The highest BCUT2D eigenvalue weighted by molar-refractivity contribution is 6.21. The van der Waals surface area contributed by atoms with Crippen molar-refractivity contribution in [3.8, 4) is 55.6 Å². The van der Waals surface area contributed by atoms with Crippen LogP contribution in [0.15, 0.2) is 197 Å². The molecule has 356 valence electrons. The van der Waals surface area contributed by atoms with Gasteiger partial charge in [0, 0.05) is 66.0 Å². The van der Waals surface area contributed by atoms with Gasteiger partial charge in [-0.15, -0.1) is 0 Å². The summed E-state index contributed by atoms with van der Waals surface area (Å²) in [6, 6.07) is 69.7. The van der Waals surface area contributed by atoms with E-state index in [1.54, 1.807) is 0 Å². The van der Waals surface area contributed by atoms with Crippen LogP contribution in [0.2, 0.25) is 0 Å². The molecule has 0 unspecified atom stereocenters. The molecule has 74 heavy (non-hydrogen) atoms. The maximum absolute atomic E-state index is 7.08. The first kappa shape index (κ1) is 43.2. The first-order valence-corrected chi connectivity index (χ1v) is 26.2. The lowest BCUT2D eigenvalue weighted by atomic mass is 9.72. The molecule has 0 fully saturated rings. The second-order valence-corrected chi connectivity index (χ2v) is 22.9. The highest BCUT2D eigenvalue weighted by Crippen LogP contribution is 2.64. The van der Waals surface area contributed by atoms with E-state index in [1.165, 1.54) is 111 Å². The summed E-state index contributed by atoms with van der Waals surface area (Å²) in [6.45, 7) is 18.9. The Morgan fingerprint density at radius 2 is 0.865 bits per heavy atom. The third kappa shape index (κ3) is 5.67. The molecule has 3 aliphatic rings. The second kappa shape index (κ2) is 14.9. The fourth-order valence-corrected chi connectivity index (χ4v) is 14.1. The molecule has 3 nitrogen and oxygen atoms in total. The van der Waals surface area contributed by atoms with E-state index in [4.69, 9.17) is 8.83 Å². The lowest BCUT2D eigenvalue weighted by Gasteiger charge is -2.32. The van der Waals surface area contributed by atoms with Gasteiger partial charge >= 0.3 is 0 Å². The van der Waals surface area contributed by atoms with Gasteiger partial charge in [0.15, 0.2) is 0 Å². The quantitative estimate of drug-likeness (QED) is 0.172. The molecule has 2 heterocycles. The van der Waals surface area contributed by atoms with Crippen LogP contribution in [0.3, 0.4) is 0 Å². The van der Waals surface area contributed by atoms with Gasteiger partial charge in [-0.3, -0.25) is 0 Å². The summed E-state index contributed by atoms with van der Waals surface area (Å²) in [4.78, 5) is 2.48. The molecule has 3 aliphatic carbocycles. The average Bonchev–Trinajstić information content (AvgIpc) is 4.37. The maximum atomic E-state index is 7.08. The maximum Gasteiger partial charge on any atom is 0.144 e. The number of hydrogen-bond donors (Lipinski definition) is 0. The highest BCUT2D eigenvalue weighted by Gasteiger charge is 2.49. The molecule has 0 N–H and O–H groups in total. The van der Waals surface area contributed by atoms with E-state index >= 15 is 0 Å².